The van der Waals surface area contributed by atoms with E-state index in [0.717, 1.165) is 16.8 Å². The Kier molecular flexibility index (Phi) is 5.47. The first-order valence-corrected chi connectivity index (χ1v) is 8.94. The van der Waals surface area contributed by atoms with Crippen LogP contribution < -0.4 is 5.32 Å². The van der Waals surface area contributed by atoms with Crippen molar-refractivity contribution in [3.05, 3.63) is 77.4 Å². The zero-order valence-electron chi connectivity index (χ0n) is 15.2. The minimum Gasteiger partial charge on any atom is -0.378 e. The van der Waals surface area contributed by atoms with Crippen LogP contribution in [0.4, 0.5) is 5.69 Å². The fraction of sp³-hybridized carbons (Fsp3) is 0.217. The van der Waals surface area contributed by atoms with Gasteiger partial charge in [-0.05, 0) is 41.0 Å². The van der Waals surface area contributed by atoms with Gasteiger partial charge in [0.15, 0.2) is 11.6 Å². The van der Waals surface area contributed by atoms with Crippen LogP contribution in [-0.4, -0.2) is 18.1 Å². The van der Waals surface area contributed by atoms with Crippen LogP contribution in [0.15, 0.2) is 60.7 Å². The van der Waals surface area contributed by atoms with Gasteiger partial charge in [0, 0.05) is 24.1 Å². The van der Waals surface area contributed by atoms with Crippen molar-refractivity contribution in [1.82, 2.24) is 0 Å². The Hall–Kier alpha value is -2.94. The Morgan fingerprint density at radius 1 is 0.962 bits per heavy atom. The summed E-state index contributed by atoms with van der Waals surface area (Å²) in [6.45, 7) is 4.16. The van der Waals surface area contributed by atoms with Crippen LogP contribution in [0.5, 0.6) is 0 Å². The predicted molar refractivity (Wildman–Crippen MR) is 107 cm³/mol. The standard InChI is InChI=1S/C23H23NO2/c1-3-23(26)19-8-6-9-20(13-19)24-15-21(25)14-18-12-11-17-7-4-5-10-22(17)16(18)2/h4-13,24H,3,14-15H2,1-2H3. The maximum atomic E-state index is 12.4. The smallest absolute Gasteiger partial charge is 0.162 e. The molecule has 0 fully saturated rings. The van der Waals surface area contributed by atoms with Gasteiger partial charge in [0.05, 0.1) is 6.54 Å². The van der Waals surface area contributed by atoms with Gasteiger partial charge in [-0.2, -0.15) is 0 Å². The Balaban J connectivity index is 1.66. The van der Waals surface area contributed by atoms with Gasteiger partial charge in [-0.15, -0.1) is 0 Å². The Labute approximate surface area is 154 Å². The second kappa shape index (κ2) is 7.96. The molecule has 0 saturated heterocycles. The van der Waals surface area contributed by atoms with Gasteiger partial charge in [0.2, 0.25) is 0 Å². The fourth-order valence-electron chi connectivity index (χ4n) is 3.15. The zero-order valence-corrected chi connectivity index (χ0v) is 15.2. The largest absolute Gasteiger partial charge is 0.378 e. The molecule has 0 amide bonds. The van der Waals surface area contributed by atoms with Crippen molar-refractivity contribution in [2.24, 2.45) is 0 Å². The minimum absolute atomic E-state index is 0.103. The topological polar surface area (TPSA) is 46.2 Å². The van der Waals surface area contributed by atoms with E-state index >= 15 is 0 Å². The molecular weight excluding hydrogens is 322 g/mol. The molecule has 0 saturated carbocycles. The van der Waals surface area contributed by atoms with Gasteiger partial charge in [-0.1, -0.05) is 55.5 Å². The van der Waals surface area contributed by atoms with Crippen LogP contribution in [0.3, 0.4) is 0 Å². The lowest BCUT2D eigenvalue weighted by molar-refractivity contribution is -0.116. The second-order valence-electron chi connectivity index (χ2n) is 6.50. The van der Waals surface area contributed by atoms with E-state index < -0.39 is 0 Å². The average Bonchev–Trinajstić information content (AvgIpc) is 2.68. The third-order valence-electron chi connectivity index (χ3n) is 4.69. The molecule has 3 aromatic carbocycles. The van der Waals surface area contributed by atoms with Crippen molar-refractivity contribution in [3.8, 4) is 0 Å². The molecule has 0 bridgehead atoms. The number of anilines is 1. The molecule has 3 heteroatoms. The fourth-order valence-corrected chi connectivity index (χ4v) is 3.15. The number of aryl methyl sites for hydroxylation is 1. The molecule has 3 rings (SSSR count). The summed E-state index contributed by atoms with van der Waals surface area (Å²) in [6.07, 6.45) is 0.876. The normalized spacial score (nSPS) is 10.7. The van der Waals surface area contributed by atoms with E-state index in [9.17, 15) is 9.59 Å². The van der Waals surface area contributed by atoms with Crippen LogP contribution in [0.25, 0.3) is 10.8 Å². The molecule has 3 nitrogen and oxygen atoms in total. The predicted octanol–water partition coefficient (Wildman–Crippen LogP) is 4.96. The first kappa shape index (κ1) is 17.9. The molecule has 26 heavy (non-hydrogen) atoms. The summed E-state index contributed by atoms with van der Waals surface area (Å²) in [6, 6.07) is 19.6. The van der Waals surface area contributed by atoms with E-state index in [1.54, 1.807) is 12.1 Å². The molecule has 132 valence electrons. The minimum atomic E-state index is 0.103. The highest BCUT2D eigenvalue weighted by atomic mass is 16.1. The number of fused-ring (bicyclic) bond motifs is 1. The van der Waals surface area contributed by atoms with Gasteiger partial charge >= 0.3 is 0 Å². The van der Waals surface area contributed by atoms with Gasteiger partial charge in [0.1, 0.15) is 0 Å². The van der Waals surface area contributed by atoms with Crippen LogP contribution >= 0.6 is 0 Å². The Morgan fingerprint density at radius 2 is 1.77 bits per heavy atom. The van der Waals surface area contributed by atoms with Crippen molar-refractivity contribution >= 4 is 28.0 Å². The van der Waals surface area contributed by atoms with E-state index in [-0.39, 0.29) is 18.1 Å². The molecule has 3 aromatic rings. The summed E-state index contributed by atoms with van der Waals surface area (Å²) in [5.41, 5.74) is 3.70. The molecule has 1 N–H and O–H groups in total. The van der Waals surface area contributed by atoms with Crippen LogP contribution in [-0.2, 0) is 11.2 Å². The number of ketones is 2. The highest BCUT2D eigenvalue weighted by Crippen LogP contribution is 2.22. The number of carbonyl (C=O) groups excluding carboxylic acids is 2. The summed E-state index contributed by atoms with van der Waals surface area (Å²) in [4.78, 5) is 24.2. The third kappa shape index (κ3) is 3.99. The van der Waals surface area contributed by atoms with Gasteiger partial charge in [-0.3, -0.25) is 9.59 Å². The Morgan fingerprint density at radius 3 is 2.58 bits per heavy atom. The van der Waals surface area contributed by atoms with Crippen molar-refractivity contribution < 1.29 is 9.59 Å². The van der Waals surface area contributed by atoms with Crippen LogP contribution in [0.1, 0.15) is 34.8 Å². The highest BCUT2D eigenvalue weighted by molar-refractivity contribution is 5.97. The van der Waals surface area contributed by atoms with Crippen molar-refractivity contribution in [2.45, 2.75) is 26.7 Å². The summed E-state index contributed by atoms with van der Waals surface area (Å²) in [5.74, 6) is 0.224. The molecule has 0 spiro atoms. The van der Waals surface area contributed by atoms with Gasteiger partial charge in [-0.25, -0.2) is 0 Å². The number of benzene rings is 3. The van der Waals surface area contributed by atoms with E-state index in [1.807, 2.05) is 37.3 Å². The lowest BCUT2D eigenvalue weighted by atomic mass is 9.97. The Bertz CT molecular complexity index is 959. The summed E-state index contributed by atoms with van der Waals surface area (Å²) < 4.78 is 0. The summed E-state index contributed by atoms with van der Waals surface area (Å²) in [7, 11) is 0. The number of nitrogens with one attached hydrogen (secondary N) is 1. The zero-order chi connectivity index (χ0) is 18.5. The SMILES string of the molecule is CCC(=O)c1cccc(NCC(=O)Cc2ccc3ccccc3c2C)c1. The molecule has 0 heterocycles. The third-order valence-corrected chi connectivity index (χ3v) is 4.69. The number of hydrogen-bond donors (Lipinski definition) is 1. The van der Waals surface area contributed by atoms with Gasteiger partial charge < -0.3 is 5.32 Å². The molecule has 0 aliphatic carbocycles. The molecule has 0 atom stereocenters. The number of carbonyl (C=O) groups is 2. The van der Waals surface area contributed by atoms with E-state index in [0.29, 0.717) is 18.4 Å². The van der Waals surface area contributed by atoms with Crippen LogP contribution in [0, 0.1) is 6.92 Å². The summed E-state index contributed by atoms with van der Waals surface area (Å²) >= 11 is 0. The quantitative estimate of drug-likeness (QED) is 0.615. The second-order valence-corrected chi connectivity index (χ2v) is 6.50. The lowest BCUT2D eigenvalue weighted by Gasteiger charge is -2.10. The van der Waals surface area contributed by atoms with Crippen LogP contribution in [0.2, 0.25) is 0 Å². The van der Waals surface area contributed by atoms with Crippen molar-refractivity contribution in [2.75, 3.05) is 11.9 Å². The number of Topliss-reactive ketones (excluding diaryl/α,β-unsaturated/α-hetero) is 2. The summed E-state index contributed by atoms with van der Waals surface area (Å²) in [5, 5.41) is 5.52. The van der Waals surface area contributed by atoms with E-state index in [2.05, 4.69) is 30.4 Å². The first-order chi connectivity index (χ1) is 12.6. The van der Waals surface area contributed by atoms with Crippen molar-refractivity contribution in [1.29, 1.82) is 0 Å². The lowest BCUT2D eigenvalue weighted by Crippen LogP contribution is -2.16. The maximum absolute atomic E-state index is 12.4. The number of hydrogen-bond acceptors (Lipinski definition) is 3. The number of rotatable bonds is 7. The average molecular weight is 345 g/mol. The van der Waals surface area contributed by atoms with E-state index in [1.165, 1.54) is 10.8 Å². The molecule has 0 aliphatic rings. The van der Waals surface area contributed by atoms with Gasteiger partial charge in [0.25, 0.3) is 0 Å². The van der Waals surface area contributed by atoms with Crippen molar-refractivity contribution in [3.63, 3.8) is 0 Å². The monoisotopic (exact) mass is 345 g/mol. The molecule has 0 aromatic heterocycles. The highest BCUT2D eigenvalue weighted by Gasteiger charge is 2.09. The molecule has 0 unspecified atom stereocenters. The molecular formula is C23H23NO2. The van der Waals surface area contributed by atoms with E-state index in [4.69, 9.17) is 0 Å². The molecule has 0 radical (unpaired) electrons. The maximum Gasteiger partial charge on any atom is 0.162 e. The first-order valence-electron chi connectivity index (χ1n) is 8.94. The molecule has 0 aliphatic heterocycles.